The predicted octanol–water partition coefficient (Wildman–Crippen LogP) is 4.67. The minimum atomic E-state index is 0.461. The van der Waals surface area contributed by atoms with Crippen LogP contribution >= 0.6 is 11.6 Å². The maximum Gasteiger partial charge on any atom is 0.138 e. The Balaban J connectivity index is 1.92. The maximum absolute atomic E-state index is 6.26. The van der Waals surface area contributed by atoms with E-state index in [4.69, 9.17) is 11.6 Å². The van der Waals surface area contributed by atoms with Crippen molar-refractivity contribution < 1.29 is 0 Å². The first kappa shape index (κ1) is 14.5. The van der Waals surface area contributed by atoms with Crippen LogP contribution in [-0.4, -0.2) is 18.2 Å². The molecule has 0 saturated carbocycles. The summed E-state index contributed by atoms with van der Waals surface area (Å²) >= 11 is 6.26. The molecule has 0 spiro atoms. The van der Waals surface area contributed by atoms with E-state index in [9.17, 15) is 0 Å². The fourth-order valence-corrected chi connectivity index (χ4v) is 2.41. The molecule has 1 aromatic heterocycles. The van der Waals surface area contributed by atoms with E-state index in [0.717, 1.165) is 22.2 Å². The van der Waals surface area contributed by atoms with Crippen molar-refractivity contribution in [2.24, 2.45) is 5.10 Å². The second kappa shape index (κ2) is 6.16. The van der Waals surface area contributed by atoms with Gasteiger partial charge in [0.1, 0.15) is 5.15 Å². The van der Waals surface area contributed by atoms with Gasteiger partial charge in [-0.25, -0.2) is 4.98 Å². The average molecular weight is 310 g/mol. The molecular formula is C18H16ClN3. The third kappa shape index (κ3) is 3.10. The van der Waals surface area contributed by atoms with Crippen LogP contribution in [-0.2, 0) is 0 Å². The van der Waals surface area contributed by atoms with Gasteiger partial charge in [-0.3, -0.25) is 5.01 Å². The van der Waals surface area contributed by atoms with Gasteiger partial charge in [-0.15, -0.1) is 0 Å². The SMILES string of the molecule is Cc1ccc2cc(/C=N/N(C)c3ccccc3)c(Cl)nc2c1. The number of aromatic nitrogens is 1. The topological polar surface area (TPSA) is 28.5 Å². The van der Waals surface area contributed by atoms with Crippen LogP contribution in [0.5, 0.6) is 0 Å². The summed E-state index contributed by atoms with van der Waals surface area (Å²) in [6, 6.07) is 18.1. The second-order valence-corrected chi connectivity index (χ2v) is 5.53. The van der Waals surface area contributed by atoms with Gasteiger partial charge in [0.05, 0.1) is 17.4 Å². The highest BCUT2D eigenvalue weighted by Crippen LogP contribution is 2.21. The van der Waals surface area contributed by atoms with Gasteiger partial charge >= 0.3 is 0 Å². The van der Waals surface area contributed by atoms with Crippen LogP contribution in [0.1, 0.15) is 11.1 Å². The molecule has 110 valence electrons. The first-order valence-corrected chi connectivity index (χ1v) is 7.41. The zero-order valence-corrected chi connectivity index (χ0v) is 13.2. The molecule has 22 heavy (non-hydrogen) atoms. The number of hydrogen-bond acceptors (Lipinski definition) is 3. The summed E-state index contributed by atoms with van der Waals surface area (Å²) in [5.74, 6) is 0. The normalized spacial score (nSPS) is 11.2. The van der Waals surface area contributed by atoms with Crippen LogP contribution in [0.2, 0.25) is 5.15 Å². The van der Waals surface area contributed by atoms with Crippen LogP contribution in [0.15, 0.2) is 59.7 Å². The van der Waals surface area contributed by atoms with Crippen LogP contribution in [0.4, 0.5) is 5.69 Å². The Bertz CT molecular complexity index is 828. The van der Waals surface area contributed by atoms with E-state index in [1.165, 1.54) is 5.56 Å². The van der Waals surface area contributed by atoms with Crippen molar-refractivity contribution in [1.82, 2.24) is 4.98 Å². The number of fused-ring (bicyclic) bond motifs is 1. The standard InChI is InChI=1S/C18H16ClN3/c1-13-8-9-14-11-15(18(19)21-17(14)10-13)12-20-22(2)16-6-4-3-5-7-16/h3-12H,1-2H3/b20-12+. The highest BCUT2D eigenvalue weighted by Gasteiger charge is 2.04. The molecule has 2 aromatic carbocycles. The molecule has 3 rings (SSSR count). The number of aryl methyl sites for hydroxylation is 1. The Morgan fingerprint density at radius 3 is 2.64 bits per heavy atom. The predicted molar refractivity (Wildman–Crippen MR) is 93.9 cm³/mol. The molecule has 0 aliphatic heterocycles. The van der Waals surface area contributed by atoms with Gasteiger partial charge in [-0.1, -0.05) is 41.9 Å². The van der Waals surface area contributed by atoms with E-state index in [1.54, 1.807) is 11.2 Å². The zero-order valence-electron chi connectivity index (χ0n) is 12.5. The number of pyridine rings is 1. The number of benzene rings is 2. The number of hydrogen-bond donors (Lipinski definition) is 0. The summed E-state index contributed by atoms with van der Waals surface area (Å²) in [4.78, 5) is 4.44. The molecule has 0 aliphatic carbocycles. The van der Waals surface area contributed by atoms with E-state index in [0.29, 0.717) is 5.15 Å². The molecule has 0 N–H and O–H groups in total. The van der Waals surface area contributed by atoms with E-state index in [2.05, 4.69) is 16.2 Å². The van der Waals surface area contributed by atoms with Crippen LogP contribution in [0, 0.1) is 6.92 Å². The molecule has 3 nitrogen and oxygen atoms in total. The molecular weight excluding hydrogens is 294 g/mol. The lowest BCUT2D eigenvalue weighted by atomic mass is 10.1. The van der Waals surface area contributed by atoms with Crippen LogP contribution in [0.3, 0.4) is 0 Å². The molecule has 3 aromatic rings. The van der Waals surface area contributed by atoms with Gasteiger partial charge < -0.3 is 0 Å². The van der Waals surface area contributed by atoms with Crippen molar-refractivity contribution >= 4 is 34.4 Å². The Morgan fingerprint density at radius 1 is 1.09 bits per heavy atom. The summed E-state index contributed by atoms with van der Waals surface area (Å²) in [6.45, 7) is 2.04. The van der Waals surface area contributed by atoms with Crippen molar-refractivity contribution in [2.45, 2.75) is 6.92 Å². The highest BCUT2D eigenvalue weighted by molar-refractivity contribution is 6.32. The van der Waals surface area contributed by atoms with Gasteiger partial charge in [0.15, 0.2) is 0 Å². The maximum atomic E-state index is 6.26. The van der Waals surface area contributed by atoms with E-state index in [-0.39, 0.29) is 0 Å². The molecule has 0 amide bonds. The number of rotatable bonds is 3. The average Bonchev–Trinajstić information content (AvgIpc) is 2.53. The Morgan fingerprint density at radius 2 is 1.86 bits per heavy atom. The molecule has 0 saturated heterocycles. The van der Waals surface area contributed by atoms with Crippen molar-refractivity contribution in [2.75, 3.05) is 12.1 Å². The molecule has 0 radical (unpaired) electrons. The summed E-state index contributed by atoms with van der Waals surface area (Å²) in [7, 11) is 1.90. The van der Waals surface area contributed by atoms with Gasteiger partial charge in [0, 0.05) is 18.0 Å². The highest BCUT2D eigenvalue weighted by atomic mass is 35.5. The van der Waals surface area contributed by atoms with Crippen molar-refractivity contribution in [3.63, 3.8) is 0 Å². The molecule has 0 aliphatic rings. The van der Waals surface area contributed by atoms with Crippen molar-refractivity contribution in [1.29, 1.82) is 0 Å². The number of para-hydroxylation sites is 1. The van der Waals surface area contributed by atoms with Crippen molar-refractivity contribution in [3.05, 3.63) is 70.9 Å². The summed E-state index contributed by atoms with van der Waals surface area (Å²) in [6.07, 6.45) is 1.74. The monoisotopic (exact) mass is 309 g/mol. The lowest BCUT2D eigenvalue weighted by Gasteiger charge is -2.12. The molecule has 0 unspecified atom stereocenters. The van der Waals surface area contributed by atoms with Crippen LogP contribution in [0.25, 0.3) is 10.9 Å². The second-order valence-electron chi connectivity index (χ2n) is 5.17. The smallest absolute Gasteiger partial charge is 0.138 e. The zero-order chi connectivity index (χ0) is 15.5. The lowest BCUT2D eigenvalue weighted by molar-refractivity contribution is 1.02. The first-order valence-electron chi connectivity index (χ1n) is 7.03. The van der Waals surface area contributed by atoms with Gasteiger partial charge in [0.2, 0.25) is 0 Å². The minimum absolute atomic E-state index is 0.461. The fourth-order valence-electron chi connectivity index (χ4n) is 2.22. The van der Waals surface area contributed by atoms with Gasteiger partial charge in [0.25, 0.3) is 0 Å². The van der Waals surface area contributed by atoms with Crippen LogP contribution < -0.4 is 5.01 Å². The third-order valence-electron chi connectivity index (χ3n) is 3.45. The fraction of sp³-hybridized carbons (Fsp3) is 0.111. The van der Waals surface area contributed by atoms with Crippen molar-refractivity contribution in [3.8, 4) is 0 Å². The first-order chi connectivity index (χ1) is 10.6. The number of anilines is 1. The van der Waals surface area contributed by atoms with Gasteiger partial charge in [-0.2, -0.15) is 5.10 Å². The summed E-state index contributed by atoms with van der Waals surface area (Å²) < 4.78 is 0. The molecule has 0 atom stereocenters. The van der Waals surface area contributed by atoms with E-state index >= 15 is 0 Å². The van der Waals surface area contributed by atoms with E-state index < -0.39 is 0 Å². The Hall–Kier alpha value is -2.39. The number of halogens is 1. The molecule has 0 fully saturated rings. The Kier molecular flexibility index (Phi) is 4.07. The quantitative estimate of drug-likeness (QED) is 0.400. The molecule has 4 heteroatoms. The molecule has 0 bridgehead atoms. The lowest BCUT2D eigenvalue weighted by Crippen LogP contribution is -2.08. The van der Waals surface area contributed by atoms with E-state index in [1.807, 2.05) is 62.5 Å². The minimum Gasteiger partial charge on any atom is -0.269 e. The number of nitrogens with zero attached hydrogens (tertiary/aromatic N) is 3. The largest absolute Gasteiger partial charge is 0.269 e. The summed E-state index contributed by atoms with van der Waals surface area (Å²) in [5, 5.41) is 7.75. The Labute approximate surface area is 134 Å². The third-order valence-corrected chi connectivity index (χ3v) is 3.76. The van der Waals surface area contributed by atoms with Gasteiger partial charge in [-0.05, 0) is 36.8 Å². The summed E-state index contributed by atoms with van der Waals surface area (Å²) in [5.41, 5.74) is 3.89. The molecule has 1 heterocycles. The number of hydrazone groups is 1.